The number of aromatic hydroxyl groups is 2. The first-order valence-electron chi connectivity index (χ1n) is 13.1. The average Bonchev–Trinajstić information content (AvgIpc) is 2.87. The number of rotatable bonds is 11. The summed E-state index contributed by atoms with van der Waals surface area (Å²) in [6, 6.07) is 15.6. The molecular formula is C30H37N3O2Zn. The van der Waals surface area contributed by atoms with Gasteiger partial charge in [-0.25, -0.2) is 9.97 Å². The van der Waals surface area contributed by atoms with Crippen LogP contribution in [0.2, 0.25) is 0 Å². The first-order valence-corrected chi connectivity index (χ1v) is 13.1. The maximum atomic E-state index is 10.7. The third-order valence-corrected chi connectivity index (χ3v) is 6.67. The van der Waals surface area contributed by atoms with Crippen LogP contribution in [-0.4, -0.2) is 26.7 Å². The molecular weight excluding hydrogens is 500 g/mol. The molecule has 0 aliphatic heterocycles. The number of aryl methyl sites for hydroxylation is 2. The molecule has 2 aromatic carbocycles. The van der Waals surface area contributed by atoms with Gasteiger partial charge in [-0.2, -0.15) is 0 Å². The van der Waals surface area contributed by atoms with E-state index in [1.807, 2.05) is 24.3 Å². The molecule has 0 atom stereocenters. The zero-order chi connectivity index (χ0) is 24.8. The normalized spacial score (nSPS) is 11.1. The van der Waals surface area contributed by atoms with E-state index in [2.05, 4.69) is 37.8 Å². The van der Waals surface area contributed by atoms with E-state index in [1.54, 1.807) is 12.1 Å². The van der Waals surface area contributed by atoms with Crippen LogP contribution in [0.1, 0.15) is 70.4 Å². The number of anilines is 2. The molecule has 0 aliphatic carbocycles. The van der Waals surface area contributed by atoms with Gasteiger partial charge in [-0.05, 0) is 67.5 Å². The van der Waals surface area contributed by atoms with E-state index in [1.165, 1.54) is 11.1 Å². The predicted molar refractivity (Wildman–Crippen MR) is 146 cm³/mol. The standard InChI is InChI=1S/C30H37N3O2.Zn/c1-4-7-12-21-19-27(31-29-23(21)14-10-16-25(29)34)33(18-9-6-3)28-20-22(13-8-5-2)24-15-11-17-26(35)30(24)32-28;/h10-11,14-17,19-20,34-35H,4-9,12-13,18H2,1-3H3;. The SMILES string of the molecule is CCCCc1cc(N(CCCC)c2cc(CCCC)c3cccc(O)c3n2)nc2c(O)cccc12.[Zn]. The minimum absolute atomic E-state index is 0. The van der Waals surface area contributed by atoms with Crippen LogP contribution < -0.4 is 4.90 Å². The van der Waals surface area contributed by atoms with Crippen molar-refractivity contribution in [3.05, 3.63) is 59.7 Å². The molecule has 5 nitrogen and oxygen atoms in total. The monoisotopic (exact) mass is 535 g/mol. The van der Waals surface area contributed by atoms with E-state index in [4.69, 9.17) is 9.97 Å². The first kappa shape index (κ1) is 27.9. The minimum atomic E-state index is 0. The topological polar surface area (TPSA) is 69.5 Å². The quantitative estimate of drug-likeness (QED) is 0.191. The molecule has 2 N–H and O–H groups in total. The smallest absolute Gasteiger partial charge is 0.141 e. The van der Waals surface area contributed by atoms with E-state index in [0.29, 0.717) is 11.0 Å². The number of fused-ring (bicyclic) bond motifs is 2. The van der Waals surface area contributed by atoms with Crippen LogP contribution in [0.5, 0.6) is 11.5 Å². The van der Waals surface area contributed by atoms with Crippen molar-refractivity contribution in [2.45, 2.75) is 72.1 Å². The van der Waals surface area contributed by atoms with E-state index in [-0.39, 0.29) is 31.0 Å². The molecule has 186 valence electrons. The fraction of sp³-hybridized carbons (Fsp3) is 0.400. The summed E-state index contributed by atoms with van der Waals surface area (Å²) in [6.45, 7) is 7.32. The number of nitrogens with zero attached hydrogens (tertiary/aromatic N) is 3. The average molecular weight is 537 g/mol. The van der Waals surface area contributed by atoms with Gasteiger partial charge in [0.1, 0.15) is 34.2 Å². The molecule has 0 saturated carbocycles. The first-order chi connectivity index (χ1) is 17.1. The Kier molecular flexibility index (Phi) is 10.1. The van der Waals surface area contributed by atoms with Crippen molar-refractivity contribution in [2.75, 3.05) is 11.4 Å². The Hall–Kier alpha value is -2.72. The van der Waals surface area contributed by atoms with Crippen molar-refractivity contribution in [1.29, 1.82) is 0 Å². The summed E-state index contributed by atoms with van der Waals surface area (Å²) in [5.74, 6) is 1.99. The van der Waals surface area contributed by atoms with Gasteiger partial charge in [-0.15, -0.1) is 0 Å². The third-order valence-electron chi connectivity index (χ3n) is 6.67. The van der Waals surface area contributed by atoms with Gasteiger partial charge in [0.25, 0.3) is 0 Å². The fourth-order valence-corrected chi connectivity index (χ4v) is 4.66. The zero-order valence-corrected chi connectivity index (χ0v) is 24.9. The molecule has 0 fully saturated rings. The summed E-state index contributed by atoms with van der Waals surface area (Å²) in [5, 5.41) is 23.3. The Labute approximate surface area is 227 Å². The summed E-state index contributed by atoms with van der Waals surface area (Å²) >= 11 is 0. The van der Waals surface area contributed by atoms with Crippen molar-refractivity contribution in [2.24, 2.45) is 0 Å². The number of phenols is 2. The number of hydrogen-bond acceptors (Lipinski definition) is 5. The Bertz CT molecular complexity index is 1210. The summed E-state index contributed by atoms with van der Waals surface area (Å²) < 4.78 is 0. The predicted octanol–water partition coefficient (Wildman–Crippen LogP) is 7.82. The fourth-order valence-electron chi connectivity index (χ4n) is 4.66. The molecule has 2 aromatic heterocycles. The molecule has 36 heavy (non-hydrogen) atoms. The summed E-state index contributed by atoms with van der Waals surface area (Å²) in [6.07, 6.45) is 8.24. The second-order valence-electron chi connectivity index (χ2n) is 9.34. The number of phenolic OH excluding ortho intramolecular Hbond substituents is 2. The van der Waals surface area contributed by atoms with Crippen LogP contribution in [0.15, 0.2) is 48.5 Å². The Morgan fingerprint density at radius 1 is 0.667 bits per heavy atom. The van der Waals surface area contributed by atoms with Crippen molar-refractivity contribution >= 4 is 33.4 Å². The Morgan fingerprint density at radius 3 is 1.53 bits per heavy atom. The van der Waals surface area contributed by atoms with Crippen molar-refractivity contribution in [3.8, 4) is 11.5 Å². The van der Waals surface area contributed by atoms with Gasteiger partial charge in [-0.1, -0.05) is 64.3 Å². The molecule has 0 spiro atoms. The number of pyridine rings is 2. The number of hydrogen-bond donors (Lipinski definition) is 2. The van der Waals surface area contributed by atoms with Gasteiger partial charge in [0, 0.05) is 36.8 Å². The zero-order valence-electron chi connectivity index (χ0n) is 21.9. The van der Waals surface area contributed by atoms with Crippen LogP contribution in [0.4, 0.5) is 11.6 Å². The molecule has 0 aliphatic rings. The molecule has 0 radical (unpaired) electrons. The van der Waals surface area contributed by atoms with Crippen molar-refractivity contribution in [3.63, 3.8) is 0 Å². The molecule has 4 rings (SSSR count). The Balaban J connectivity index is 0.00000361. The summed E-state index contributed by atoms with van der Waals surface area (Å²) in [4.78, 5) is 12.0. The molecule has 0 saturated heterocycles. The third kappa shape index (κ3) is 5.98. The van der Waals surface area contributed by atoms with E-state index < -0.39 is 0 Å². The van der Waals surface area contributed by atoms with Crippen LogP contribution in [0.3, 0.4) is 0 Å². The number of benzene rings is 2. The van der Waals surface area contributed by atoms with Crippen molar-refractivity contribution < 1.29 is 29.7 Å². The minimum Gasteiger partial charge on any atom is -0.506 e. The van der Waals surface area contributed by atoms with Crippen molar-refractivity contribution in [1.82, 2.24) is 9.97 Å². The molecule has 0 amide bonds. The molecule has 4 aromatic rings. The maximum Gasteiger partial charge on any atom is 0.141 e. The van der Waals surface area contributed by atoms with Gasteiger partial charge >= 0.3 is 0 Å². The maximum absolute atomic E-state index is 10.7. The summed E-state index contributed by atoms with van der Waals surface area (Å²) in [7, 11) is 0. The van der Waals surface area contributed by atoms with Gasteiger partial charge in [0.15, 0.2) is 0 Å². The van der Waals surface area contributed by atoms with Gasteiger partial charge in [-0.3, -0.25) is 0 Å². The van der Waals surface area contributed by atoms with E-state index in [9.17, 15) is 10.2 Å². The van der Waals surface area contributed by atoms with Gasteiger partial charge in [0.05, 0.1) is 0 Å². The number of para-hydroxylation sites is 2. The van der Waals surface area contributed by atoms with E-state index in [0.717, 1.165) is 80.3 Å². The van der Waals surface area contributed by atoms with Crippen LogP contribution >= 0.6 is 0 Å². The summed E-state index contributed by atoms with van der Waals surface area (Å²) in [5.41, 5.74) is 3.65. The van der Waals surface area contributed by atoms with Crippen LogP contribution in [0.25, 0.3) is 21.8 Å². The van der Waals surface area contributed by atoms with Gasteiger partial charge in [0.2, 0.25) is 0 Å². The van der Waals surface area contributed by atoms with Crippen LogP contribution in [-0.2, 0) is 32.3 Å². The Morgan fingerprint density at radius 2 is 1.11 bits per heavy atom. The van der Waals surface area contributed by atoms with Gasteiger partial charge < -0.3 is 15.1 Å². The molecule has 6 heteroatoms. The number of aromatic nitrogens is 2. The van der Waals surface area contributed by atoms with Crippen LogP contribution in [0, 0.1) is 0 Å². The van der Waals surface area contributed by atoms with E-state index >= 15 is 0 Å². The molecule has 0 bridgehead atoms. The molecule has 0 unspecified atom stereocenters. The largest absolute Gasteiger partial charge is 0.506 e. The molecule has 2 heterocycles. The second kappa shape index (κ2) is 13.0. The number of unbranched alkanes of at least 4 members (excludes halogenated alkanes) is 3. The second-order valence-corrected chi connectivity index (χ2v) is 9.34.